The van der Waals surface area contributed by atoms with Crippen LogP contribution < -0.4 is 10.5 Å². The monoisotopic (exact) mass is 219 g/mol. The van der Waals surface area contributed by atoms with Crippen LogP contribution in [0.25, 0.3) is 11.0 Å². The summed E-state index contributed by atoms with van der Waals surface area (Å²) in [5, 5.41) is 1.05. The molecule has 0 bridgehead atoms. The van der Waals surface area contributed by atoms with Crippen LogP contribution in [0, 0.1) is 6.92 Å². The topological polar surface area (TPSA) is 48.4 Å². The van der Waals surface area contributed by atoms with Gasteiger partial charge in [0.2, 0.25) is 0 Å². The molecule has 1 aromatic carbocycles. The Balaban J connectivity index is 2.54. The van der Waals surface area contributed by atoms with Gasteiger partial charge in [-0.05, 0) is 49.6 Å². The molecule has 1 heterocycles. The molecule has 86 valence electrons. The zero-order valence-electron chi connectivity index (χ0n) is 9.75. The first-order chi connectivity index (χ1) is 7.77. The van der Waals surface area contributed by atoms with Crippen LogP contribution >= 0.6 is 0 Å². The Bertz CT molecular complexity index is 488. The van der Waals surface area contributed by atoms with Crippen molar-refractivity contribution in [2.45, 2.75) is 19.8 Å². The van der Waals surface area contributed by atoms with Crippen LogP contribution in [0.2, 0.25) is 0 Å². The second-order valence-electron chi connectivity index (χ2n) is 3.94. The van der Waals surface area contributed by atoms with Crippen LogP contribution in [0.3, 0.4) is 0 Å². The number of hydrogen-bond donors (Lipinski definition) is 1. The second-order valence-corrected chi connectivity index (χ2v) is 3.94. The molecule has 0 saturated carbocycles. The van der Waals surface area contributed by atoms with Gasteiger partial charge < -0.3 is 14.9 Å². The highest BCUT2D eigenvalue weighted by Crippen LogP contribution is 2.33. The number of fused-ring (bicyclic) bond motifs is 1. The van der Waals surface area contributed by atoms with Crippen LogP contribution in [0.15, 0.2) is 22.8 Å². The lowest BCUT2D eigenvalue weighted by atomic mass is 10.0. The summed E-state index contributed by atoms with van der Waals surface area (Å²) < 4.78 is 10.9. The van der Waals surface area contributed by atoms with E-state index in [-0.39, 0.29) is 0 Å². The average Bonchev–Trinajstić information content (AvgIpc) is 2.75. The maximum atomic E-state index is 5.53. The summed E-state index contributed by atoms with van der Waals surface area (Å²) in [5.41, 5.74) is 8.82. The van der Waals surface area contributed by atoms with Gasteiger partial charge in [-0.25, -0.2) is 0 Å². The lowest BCUT2D eigenvalue weighted by molar-refractivity contribution is 0.416. The molecule has 2 aromatic rings. The third-order valence-electron chi connectivity index (χ3n) is 2.80. The van der Waals surface area contributed by atoms with Crippen molar-refractivity contribution in [1.29, 1.82) is 0 Å². The van der Waals surface area contributed by atoms with Crippen molar-refractivity contribution in [2.75, 3.05) is 13.7 Å². The maximum absolute atomic E-state index is 5.53. The van der Waals surface area contributed by atoms with Crippen molar-refractivity contribution in [3.63, 3.8) is 0 Å². The number of ether oxygens (including phenoxy) is 1. The van der Waals surface area contributed by atoms with Crippen molar-refractivity contribution in [3.8, 4) is 5.75 Å². The van der Waals surface area contributed by atoms with Gasteiger partial charge in [0, 0.05) is 0 Å². The lowest BCUT2D eigenvalue weighted by Gasteiger charge is -2.09. The zero-order chi connectivity index (χ0) is 11.5. The molecule has 16 heavy (non-hydrogen) atoms. The van der Waals surface area contributed by atoms with Crippen LogP contribution in [-0.4, -0.2) is 13.7 Å². The highest BCUT2D eigenvalue weighted by molar-refractivity contribution is 5.88. The van der Waals surface area contributed by atoms with Crippen LogP contribution in [0.1, 0.15) is 17.5 Å². The van der Waals surface area contributed by atoms with Gasteiger partial charge in [0.25, 0.3) is 0 Å². The minimum atomic E-state index is 0.702. The zero-order valence-corrected chi connectivity index (χ0v) is 9.75. The van der Waals surface area contributed by atoms with Crippen molar-refractivity contribution in [3.05, 3.63) is 29.5 Å². The molecule has 2 N–H and O–H groups in total. The van der Waals surface area contributed by atoms with E-state index in [1.807, 2.05) is 6.07 Å². The van der Waals surface area contributed by atoms with Gasteiger partial charge in [-0.3, -0.25) is 0 Å². The van der Waals surface area contributed by atoms with E-state index in [2.05, 4.69) is 13.0 Å². The Kier molecular flexibility index (Phi) is 3.15. The number of hydrogen-bond acceptors (Lipinski definition) is 3. The van der Waals surface area contributed by atoms with Gasteiger partial charge in [0.1, 0.15) is 11.3 Å². The van der Waals surface area contributed by atoms with Gasteiger partial charge in [-0.15, -0.1) is 0 Å². The minimum Gasteiger partial charge on any atom is -0.496 e. The third-order valence-corrected chi connectivity index (χ3v) is 2.80. The largest absolute Gasteiger partial charge is 0.496 e. The van der Waals surface area contributed by atoms with Gasteiger partial charge in [0.15, 0.2) is 0 Å². The standard InChI is InChI=1S/C13H17NO2/c1-9-8-10(4-3-6-14)13-11(5-7-16-13)12(9)15-2/h5,7-8H,3-4,6,14H2,1-2H3. The molecule has 3 heteroatoms. The van der Waals surface area contributed by atoms with Gasteiger partial charge in [-0.1, -0.05) is 0 Å². The van der Waals surface area contributed by atoms with Gasteiger partial charge >= 0.3 is 0 Å². The average molecular weight is 219 g/mol. The number of methoxy groups -OCH3 is 1. The van der Waals surface area contributed by atoms with E-state index in [4.69, 9.17) is 14.9 Å². The molecule has 3 nitrogen and oxygen atoms in total. The molecule has 0 radical (unpaired) electrons. The number of rotatable bonds is 4. The fraction of sp³-hybridized carbons (Fsp3) is 0.385. The Morgan fingerprint density at radius 2 is 2.25 bits per heavy atom. The maximum Gasteiger partial charge on any atom is 0.140 e. The van der Waals surface area contributed by atoms with Crippen molar-refractivity contribution in [1.82, 2.24) is 0 Å². The normalized spacial score (nSPS) is 10.9. The summed E-state index contributed by atoms with van der Waals surface area (Å²) >= 11 is 0. The van der Waals surface area contributed by atoms with Crippen LogP contribution in [0.4, 0.5) is 0 Å². The third kappa shape index (κ3) is 1.78. The van der Waals surface area contributed by atoms with E-state index in [1.54, 1.807) is 13.4 Å². The molecule has 2 rings (SSSR count). The highest BCUT2D eigenvalue weighted by Gasteiger charge is 2.12. The van der Waals surface area contributed by atoms with E-state index in [1.165, 1.54) is 5.56 Å². The second kappa shape index (κ2) is 4.58. The Morgan fingerprint density at radius 3 is 2.94 bits per heavy atom. The number of nitrogens with two attached hydrogens (primary N) is 1. The van der Waals surface area contributed by atoms with Gasteiger partial charge in [-0.2, -0.15) is 0 Å². The number of aryl methyl sites for hydroxylation is 2. The van der Waals surface area contributed by atoms with E-state index in [0.717, 1.165) is 35.1 Å². The first-order valence-electron chi connectivity index (χ1n) is 5.51. The molecule has 0 unspecified atom stereocenters. The Morgan fingerprint density at radius 1 is 1.44 bits per heavy atom. The number of furan rings is 1. The predicted octanol–water partition coefficient (Wildman–Crippen LogP) is 2.64. The molecule has 0 aliphatic rings. The molecule has 0 aliphatic carbocycles. The first-order valence-corrected chi connectivity index (χ1v) is 5.51. The number of benzene rings is 1. The summed E-state index contributed by atoms with van der Waals surface area (Å²) in [6.45, 7) is 2.75. The van der Waals surface area contributed by atoms with Crippen molar-refractivity contribution in [2.24, 2.45) is 5.73 Å². The quantitative estimate of drug-likeness (QED) is 0.860. The molecule has 0 aliphatic heterocycles. The Labute approximate surface area is 95.2 Å². The van der Waals surface area contributed by atoms with Crippen LogP contribution in [0.5, 0.6) is 5.75 Å². The molecular formula is C13H17NO2. The summed E-state index contributed by atoms with van der Waals surface area (Å²) in [5.74, 6) is 0.903. The minimum absolute atomic E-state index is 0.702. The lowest BCUT2D eigenvalue weighted by Crippen LogP contribution is -2.01. The molecule has 0 fully saturated rings. The molecule has 0 saturated heterocycles. The molecule has 0 atom stereocenters. The van der Waals surface area contributed by atoms with Crippen molar-refractivity contribution >= 4 is 11.0 Å². The van der Waals surface area contributed by atoms with E-state index in [9.17, 15) is 0 Å². The summed E-state index contributed by atoms with van der Waals surface area (Å²) in [6.07, 6.45) is 3.63. The van der Waals surface area contributed by atoms with Gasteiger partial charge in [0.05, 0.1) is 18.8 Å². The summed E-state index contributed by atoms with van der Waals surface area (Å²) in [4.78, 5) is 0. The molecular weight excluding hydrogens is 202 g/mol. The highest BCUT2D eigenvalue weighted by atomic mass is 16.5. The van der Waals surface area contributed by atoms with Crippen LogP contribution in [-0.2, 0) is 6.42 Å². The van der Waals surface area contributed by atoms with E-state index >= 15 is 0 Å². The van der Waals surface area contributed by atoms with E-state index < -0.39 is 0 Å². The SMILES string of the molecule is COc1c(C)cc(CCCN)c2occc12. The predicted molar refractivity (Wildman–Crippen MR) is 64.9 cm³/mol. The molecule has 1 aromatic heterocycles. The molecule has 0 amide bonds. The fourth-order valence-corrected chi connectivity index (χ4v) is 2.09. The molecule has 0 spiro atoms. The fourth-order valence-electron chi connectivity index (χ4n) is 2.09. The summed E-state index contributed by atoms with van der Waals surface area (Å²) in [6, 6.07) is 4.08. The smallest absolute Gasteiger partial charge is 0.140 e. The summed E-state index contributed by atoms with van der Waals surface area (Å²) in [7, 11) is 1.69. The Hall–Kier alpha value is -1.48. The van der Waals surface area contributed by atoms with E-state index in [0.29, 0.717) is 6.54 Å². The van der Waals surface area contributed by atoms with Crippen molar-refractivity contribution < 1.29 is 9.15 Å². The first kappa shape index (κ1) is 11.0.